The Kier molecular flexibility index (Phi) is 6.60. The minimum absolute atomic E-state index is 0.274. The summed E-state index contributed by atoms with van der Waals surface area (Å²) in [6, 6.07) is 28.8. The maximum Gasteiger partial charge on any atom is 0.138 e. The van der Waals surface area contributed by atoms with Gasteiger partial charge in [-0.05, 0) is 77.9 Å². The largest absolute Gasteiger partial charge is 0.487 e. The quantitative estimate of drug-likeness (QED) is 0.282. The average Bonchev–Trinajstić information content (AvgIpc) is 2.80. The summed E-state index contributed by atoms with van der Waals surface area (Å²) in [5.74, 6) is 1.82. The van der Waals surface area contributed by atoms with E-state index in [-0.39, 0.29) is 5.82 Å². The van der Waals surface area contributed by atoms with Crippen LogP contribution in [0.3, 0.4) is 0 Å². The zero-order valence-electron chi connectivity index (χ0n) is 16.5. The summed E-state index contributed by atoms with van der Waals surface area (Å²) in [6.45, 7) is 0.310. The van der Waals surface area contributed by atoms with Gasteiger partial charge in [-0.3, -0.25) is 4.99 Å². The van der Waals surface area contributed by atoms with Crippen LogP contribution >= 0.6 is 11.6 Å². The molecule has 0 atom stereocenters. The second kappa shape index (κ2) is 9.92. The molecule has 31 heavy (non-hydrogen) atoms. The molecule has 0 unspecified atom stereocenters. The van der Waals surface area contributed by atoms with Crippen LogP contribution in [0.2, 0.25) is 5.02 Å². The van der Waals surface area contributed by atoms with Gasteiger partial charge in [-0.1, -0.05) is 41.9 Å². The number of hydrogen-bond acceptors (Lipinski definition) is 3. The summed E-state index contributed by atoms with van der Waals surface area (Å²) in [6.07, 6.45) is 1.74. The van der Waals surface area contributed by atoms with Crippen LogP contribution in [0.25, 0.3) is 0 Å². The molecule has 0 bridgehead atoms. The molecule has 0 amide bonds. The van der Waals surface area contributed by atoms with Gasteiger partial charge in [0.15, 0.2) is 0 Å². The van der Waals surface area contributed by atoms with Crippen molar-refractivity contribution in [2.75, 3.05) is 0 Å². The molecule has 5 heteroatoms. The Labute approximate surface area is 185 Å². The third-order valence-corrected chi connectivity index (χ3v) is 4.74. The summed E-state index contributed by atoms with van der Waals surface area (Å²) in [7, 11) is 0. The van der Waals surface area contributed by atoms with Crippen molar-refractivity contribution in [3.63, 3.8) is 0 Å². The van der Waals surface area contributed by atoms with Gasteiger partial charge in [0.25, 0.3) is 0 Å². The van der Waals surface area contributed by atoms with Gasteiger partial charge in [-0.15, -0.1) is 0 Å². The van der Waals surface area contributed by atoms with Gasteiger partial charge in [0.2, 0.25) is 0 Å². The normalized spacial score (nSPS) is 10.9. The third-order valence-electron chi connectivity index (χ3n) is 4.44. The molecule has 0 spiro atoms. The summed E-state index contributed by atoms with van der Waals surface area (Å²) in [4.78, 5) is 4.48. The monoisotopic (exact) mass is 431 g/mol. The van der Waals surface area contributed by atoms with E-state index < -0.39 is 0 Å². The predicted octanol–water partition coefficient (Wildman–Crippen LogP) is 7.60. The zero-order valence-corrected chi connectivity index (χ0v) is 17.3. The van der Waals surface area contributed by atoms with Crippen LogP contribution in [0, 0.1) is 5.82 Å². The first kappa shape index (κ1) is 20.6. The lowest BCUT2D eigenvalue weighted by Gasteiger charge is -2.08. The fourth-order valence-electron chi connectivity index (χ4n) is 2.83. The molecule has 0 saturated carbocycles. The Morgan fingerprint density at radius 1 is 0.806 bits per heavy atom. The maximum absolute atomic E-state index is 13.0. The second-order valence-electron chi connectivity index (χ2n) is 6.77. The van der Waals surface area contributed by atoms with Gasteiger partial charge in [-0.2, -0.15) is 0 Å². The molecule has 0 aliphatic rings. The fourth-order valence-corrected chi connectivity index (χ4v) is 3.07. The lowest BCUT2D eigenvalue weighted by atomic mass is 10.2. The van der Waals surface area contributed by atoms with Gasteiger partial charge in [0.1, 0.15) is 29.7 Å². The molecule has 4 aromatic rings. The van der Waals surface area contributed by atoms with Crippen LogP contribution in [-0.4, -0.2) is 6.21 Å². The number of benzene rings is 4. The number of hydrogen-bond donors (Lipinski definition) is 0. The van der Waals surface area contributed by atoms with Crippen LogP contribution in [-0.2, 0) is 6.61 Å². The van der Waals surface area contributed by atoms with Crippen LogP contribution in [0.4, 0.5) is 10.1 Å². The molecular weight excluding hydrogens is 413 g/mol. The predicted molar refractivity (Wildman–Crippen MR) is 122 cm³/mol. The Hall–Kier alpha value is -3.63. The van der Waals surface area contributed by atoms with Crippen molar-refractivity contribution in [2.45, 2.75) is 6.61 Å². The van der Waals surface area contributed by atoms with E-state index in [2.05, 4.69) is 4.99 Å². The highest BCUT2D eigenvalue weighted by Gasteiger charge is 2.04. The first-order valence-corrected chi connectivity index (χ1v) is 10.1. The molecule has 0 radical (unpaired) electrons. The average molecular weight is 432 g/mol. The van der Waals surface area contributed by atoms with Crippen molar-refractivity contribution in [2.24, 2.45) is 4.99 Å². The van der Waals surface area contributed by atoms with E-state index >= 15 is 0 Å². The summed E-state index contributed by atoms with van der Waals surface area (Å²) in [5.41, 5.74) is 2.51. The topological polar surface area (TPSA) is 30.8 Å². The SMILES string of the molecule is Fc1ccc(COc2ccc(C=Nc3ccc(Oc4ccccc4)cc3)cc2Cl)cc1. The molecule has 0 N–H and O–H groups in total. The molecule has 0 aliphatic heterocycles. The number of ether oxygens (including phenoxy) is 2. The molecule has 4 rings (SSSR count). The van der Waals surface area contributed by atoms with Crippen LogP contribution in [0.1, 0.15) is 11.1 Å². The third kappa shape index (κ3) is 5.93. The van der Waals surface area contributed by atoms with Crippen molar-refractivity contribution in [3.05, 3.63) is 119 Å². The van der Waals surface area contributed by atoms with E-state index in [0.29, 0.717) is 17.4 Å². The molecule has 0 aromatic heterocycles. The van der Waals surface area contributed by atoms with Crippen LogP contribution < -0.4 is 9.47 Å². The minimum Gasteiger partial charge on any atom is -0.487 e. The Bertz CT molecular complexity index is 1160. The Balaban J connectivity index is 1.36. The molecule has 0 heterocycles. The van der Waals surface area contributed by atoms with E-state index in [4.69, 9.17) is 21.1 Å². The number of halogens is 2. The number of aliphatic imine (C=N–C) groups is 1. The van der Waals surface area contributed by atoms with E-state index in [1.54, 1.807) is 30.5 Å². The van der Waals surface area contributed by atoms with Crippen LogP contribution in [0.15, 0.2) is 102 Å². The molecule has 4 aromatic carbocycles. The van der Waals surface area contributed by atoms with Crippen molar-refractivity contribution in [1.82, 2.24) is 0 Å². The first-order chi connectivity index (χ1) is 15.2. The summed E-state index contributed by atoms with van der Waals surface area (Å²) >= 11 is 6.34. The Morgan fingerprint density at radius 2 is 1.52 bits per heavy atom. The highest BCUT2D eigenvalue weighted by atomic mass is 35.5. The minimum atomic E-state index is -0.274. The van der Waals surface area contributed by atoms with E-state index in [1.165, 1.54) is 12.1 Å². The lowest BCUT2D eigenvalue weighted by Crippen LogP contribution is -1.96. The van der Waals surface area contributed by atoms with Gasteiger partial charge in [0, 0.05) is 6.21 Å². The standard InChI is InChI=1S/C26H19ClFNO2/c27-25-16-20(8-15-26(25)30-18-19-6-9-21(28)10-7-19)17-29-22-11-13-24(14-12-22)31-23-4-2-1-3-5-23/h1-17H,18H2. The number of para-hydroxylation sites is 1. The van der Waals surface area contributed by atoms with Crippen molar-refractivity contribution < 1.29 is 13.9 Å². The number of nitrogens with zero attached hydrogens (tertiary/aromatic N) is 1. The van der Waals surface area contributed by atoms with E-state index in [0.717, 1.165) is 28.3 Å². The van der Waals surface area contributed by atoms with Gasteiger partial charge in [-0.25, -0.2) is 4.39 Å². The van der Waals surface area contributed by atoms with Crippen LogP contribution in [0.5, 0.6) is 17.2 Å². The number of rotatable bonds is 7. The maximum atomic E-state index is 13.0. The highest BCUT2D eigenvalue weighted by molar-refractivity contribution is 6.32. The lowest BCUT2D eigenvalue weighted by molar-refractivity contribution is 0.306. The molecule has 3 nitrogen and oxygen atoms in total. The van der Waals surface area contributed by atoms with Crippen molar-refractivity contribution in [1.29, 1.82) is 0 Å². The van der Waals surface area contributed by atoms with Gasteiger partial charge in [0.05, 0.1) is 10.7 Å². The molecule has 154 valence electrons. The first-order valence-electron chi connectivity index (χ1n) is 9.69. The molecule has 0 saturated heterocycles. The van der Waals surface area contributed by atoms with Gasteiger partial charge >= 0.3 is 0 Å². The van der Waals surface area contributed by atoms with E-state index in [9.17, 15) is 4.39 Å². The zero-order chi connectivity index (χ0) is 21.5. The molecule has 0 fully saturated rings. The van der Waals surface area contributed by atoms with Gasteiger partial charge < -0.3 is 9.47 Å². The molecular formula is C26H19ClFNO2. The van der Waals surface area contributed by atoms with Crippen molar-refractivity contribution >= 4 is 23.5 Å². The van der Waals surface area contributed by atoms with Crippen molar-refractivity contribution in [3.8, 4) is 17.2 Å². The molecule has 0 aliphatic carbocycles. The smallest absolute Gasteiger partial charge is 0.138 e. The summed E-state index contributed by atoms with van der Waals surface area (Å²) in [5, 5.41) is 0.484. The second-order valence-corrected chi connectivity index (χ2v) is 7.18. The Morgan fingerprint density at radius 3 is 2.23 bits per heavy atom. The highest BCUT2D eigenvalue weighted by Crippen LogP contribution is 2.27. The fraction of sp³-hybridized carbons (Fsp3) is 0.0385. The van der Waals surface area contributed by atoms with E-state index in [1.807, 2.05) is 60.7 Å². The summed E-state index contributed by atoms with van der Waals surface area (Å²) < 4.78 is 24.5.